The molecule has 2 aromatic carbocycles. The van der Waals surface area contributed by atoms with Crippen LogP contribution in [0.1, 0.15) is 17.3 Å². The maximum atomic E-state index is 13.0. The molecule has 0 radical (unpaired) electrons. The van der Waals surface area contributed by atoms with Crippen LogP contribution < -0.4 is 4.90 Å². The predicted octanol–water partition coefficient (Wildman–Crippen LogP) is 3.47. The summed E-state index contributed by atoms with van der Waals surface area (Å²) in [7, 11) is 0. The average molecular weight is 378 g/mol. The standard InChI is InChI=1S/C21H22N4O3/c1-15(21(26)19-14-22-20-5-3-2-4-18(19)20)23-10-12-24(13-11-23)16-6-8-17(9-7-16)25(27)28/h2-9,14-15,22H,10-13H2,1H3. The van der Waals surface area contributed by atoms with E-state index in [4.69, 9.17) is 0 Å². The highest BCUT2D eigenvalue weighted by Crippen LogP contribution is 2.23. The number of nitro benzene ring substituents is 1. The molecule has 1 aliphatic heterocycles. The van der Waals surface area contributed by atoms with Crippen molar-refractivity contribution in [1.82, 2.24) is 9.88 Å². The Kier molecular flexibility index (Phi) is 4.83. The maximum absolute atomic E-state index is 13.0. The van der Waals surface area contributed by atoms with E-state index in [1.807, 2.05) is 31.2 Å². The molecule has 0 bridgehead atoms. The molecule has 0 amide bonds. The number of hydrogen-bond donors (Lipinski definition) is 1. The Morgan fingerprint density at radius 2 is 1.75 bits per heavy atom. The molecule has 28 heavy (non-hydrogen) atoms. The second-order valence-corrected chi connectivity index (χ2v) is 7.08. The van der Waals surface area contributed by atoms with Crippen molar-refractivity contribution >= 4 is 28.1 Å². The maximum Gasteiger partial charge on any atom is 0.269 e. The van der Waals surface area contributed by atoms with E-state index in [1.54, 1.807) is 18.3 Å². The average Bonchev–Trinajstić information content (AvgIpc) is 3.17. The summed E-state index contributed by atoms with van der Waals surface area (Å²) in [6.07, 6.45) is 1.80. The molecule has 1 saturated heterocycles. The van der Waals surface area contributed by atoms with Gasteiger partial charge in [0.05, 0.1) is 11.0 Å². The number of aromatic amines is 1. The van der Waals surface area contributed by atoms with Gasteiger partial charge in [-0.25, -0.2) is 0 Å². The Morgan fingerprint density at radius 1 is 1.07 bits per heavy atom. The largest absolute Gasteiger partial charge is 0.369 e. The zero-order chi connectivity index (χ0) is 19.7. The monoisotopic (exact) mass is 378 g/mol. The molecular weight excluding hydrogens is 356 g/mol. The van der Waals surface area contributed by atoms with Crippen LogP contribution in [0.5, 0.6) is 0 Å². The van der Waals surface area contributed by atoms with E-state index < -0.39 is 0 Å². The highest BCUT2D eigenvalue weighted by atomic mass is 16.6. The van der Waals surface area contributed by atoms with E-state index in [2.05, 4.69) is 14.8 Å². The SMILES string of the molecule is CC(C(=O)c1c[nH]c2ccccc12)N1CCN(c2ccc([N+](=O)[O-])cc2)CC1. The smallest absolute Gasteiger partial charge is 0.269 e. The van der Waals surface area contributed by atoms with Gasteiger partial charge in [-0.1, -0.05) is 18.2 Å². The summed E-state index contributed by atoms with van der Waals surface area (Å²) in [5.41, 5.74) is 2.78. The summed E-state index contributed by atoms with van der Waals surface area (Å²) in [4.78, 5) is 31.0. The van der Waals surface area contributed by atoms with Gasteiger partial charge >= 0.3 is 0 Å². The number of hydrogen-bond acceptors (Lipinski definition) is 5. The molecule has 0 saturated carbocycles. The number of fused-ring (bicyclic) bond motifs is 1. The number of nitrogens with one attached hydrogen (secondary N) is 1. The van der Waals surface area contributed by atoms with Gasteiger partial charge in [0.2, 0.25) is 0 Å². The minimum absolute atomic E-state index is 0.0975. The summed E-state index contributed by atoms with van der Waals surface area (Å²) < 4.78 is 0. The van der Waals surface area contributed by atoms with Crippen molar-refractivity contribution < 1.29 is 9.72 Å². The van der Waals surface area contributed by atoms with Crippen LogP contribution in [0.2, 0.25) is 0 Å². The number of nitro groups is 1. The number of H-pyrrole nitrogens is 1. The highest BCUT2D eigenvalue weighted by molar-refractivity contribution is 6.10. The van der Waals surface area contributed by atoms with E-state index in [0.29, 0.717) is 0 Å². The first-order valence-corrected chi connectivity index (χ1v) is 9.38. The minimum atomic E-state index is -0.389. The summed E-state index contributed by atoms with van der Waals surface area (Å²) in [5.74, 6) is 0.126. The molecule has 1 fully saturated rings. The molecule has 7 heteroatoms. The number of para-hydroxylation sites is 1. The van der Waals surface area contributed by atoms with Crippen molar-refractivity contribution in [1.29, 1.82) is 0 Å². The van der Waals surface area contributed by atoms with Crippen LogP contribution in [0.15, 0.2) is 54.7 Å². The molecule has 144 valence electrons. The fraction of sp³-hybridized carbons (Fsp3) is 0.286. The lowest BCUT2D eigenvalue weighted by Crippen LogP contribution is -2.51. The number of aromatic nitrogens is 1. The van der Waals surface area contributed by atoms with Crippen LogP contribution in [0, 0.1) is 10.1 Å². The second-order valence-electron chi connectivity index (χ2n) is 7.08. The highest BCUT2D eigenvalue weighted by Gasteiger charge is 2.27. The first-order chi connectivity index (χ1) is 13.5. The third kappa shape index (κ3) is 3.36. The van der Waals surface area contributed by atoms with Gasteiger partial charge in [-0.15, -0.1) is 0 Å². The van der Waals surface area contributed by atoms with Crippen molar-refractivity contribution in [2.45, 2.75) is 13.0 Å². The predicted molar refractivity (Wildman–Crippen MR) is 109 cm³/mol. The van der Waals surface area contributed by atoms with Gasteiger partial charge in [0, 0.05) is 66.7 Å². The summed E-state index contributed by atoms with van der Waals surface area (Å²) >= 11 is 0. The summed E-state index contributed by atoms with van der Waals surface area (Å²) in [5, 5.41) is 11.8. The van der Waals surface area contributed by atoms with Crippen LogP contribution >= 0.6 is 0 Å². The lowest BCUT2D eigenvalue weighted by atomic mass is 10.0. The lowest BCUT2D eigenvalue weighted by Gasteiger charge is -2.38. The number of non-ortho nitro benzene ring substituents is 1. The number of ketones is 1. The third-order valence-electron chi connectivity index (χ3n) is 5.52. The number of carbonyl (C=O) groups excluding carboxylic acids is 1. The van der Waals surface area contributed by atoms with Gasteiger partial charge in [0.25, 0.3) is 5.69 Å². The molecule has 1 aromatic heterocycles. The van der Waals surface area contributed by atoms with Gasteiger partial charge in [0.1, 0.15) is 0 Å². The number of rotatable bonds is 5. The van der Waals surface area contributed by atoms with E-state index in [1.165, 1.54) is 12.1 Å². The van der Waals surface area contributed by atoms with Crippen molar-refractivity contribution in [3.63, 3.8) is 0 Å². The number of nitrogens with zero attached hydrogens (tertiary/aromatic N) is 3. The summed E-state index contributed by atoms with van der Waals surface area (Å²) in [6.45, 7) is 5.07. The fourth-order valence-corrected chi connectivity index (χ4v) is 3.82. The number of piperazine rings is 1. The van der Waals surface area contributed by atoms with Crippen LogP contribution in [0.3, 0.4) is 0 Å². The second kappa shape index (κ2) is 7.44. The fourth-order valence-electron chi connectivity index (χ4n) is 3.82. The van der Waals surface area contributed by atoms with Crippen molar-refractivity contribution in [2.24, 2.45) is 0 Å². The topological polar surface area (TPSA) is 82.5 Å². The molecule has 1 N–H and O–H groups in total. The normalized spacial score (nSPS) is 16.2. The Labute approximate surface area is 162 Å². The molecule has 0 aliphatic carbocycles. The van der Waals surface area contributed by atoms with Crippen molar-refractivity contribution in [3.05, 3.63) is 70.4 Å². The lowest BCUT2D eigenvalue weighted by molar-refractivity contribution is -0.384. The Balaban J connectivity index is 1.41. The van der Waals surface area contributed by atoms with Crippen LogP contribution in [0.25, 0.3) is 10.9 Å². The van der Waals surface area contributed by atoms with E-state index in [0.717, 1.165) is 48.3 Å². The van der Waals surface area contributed by atoms with E-state index >= 15 is 0 Å². The zero-order valence-electron chi connectivity index (χ0n) is 15.7. The van der Waals surface area contributed by atoms with Gasteiger partial charge in [-0.2, -0.15) is 0 Å². The van der Waals surface area contributed by atoms with Gasteiger partial charge in [-0.05, 0) is 25.1 Å². The molecule has 4 rings (SSSR count). The molecule has 3 aromatic rings. The zero-order valence-corrected chi connectivity index (χ0v) is 15.7. The minimum Gasteiger partial charge on any atom is -0.369 e. The number of anilines is 1. The van der Waals surface area contributed by atoms with E-state index in [-0.39, 0.29) is 22.4 Å². The molecule has 1 aliphatic rings. The third-order valence-corrected chi connectivity index (χ3v) is 5.52. The van der Waals surface area contributed by atoms with Gasteiger partial charge in [0.15, 0.2) is 5.78 Å². The number of carbonyl (C=O) groups is 1. The molecule has 2 heterocycles. The van der Waals surface area contributed by atoms with Crippen molar-refractivity contribution in [3.8, 4) is 0 Å². The van der Waals surface area contributed by atoms with Crippen LogP contribution in [-0.4, -0.2) is 52.8 Å². The molecule has 0 spiro atoms. The quantitative estimate of drug-likeness (QED) is 0.418. The van der Waals surface area contributed by atoms with Gasteiger partial charge < -0.3 is 9.88 Å². The number of Topliss-reactive ketones (excluding diaryl/α,β-unsaturated/α-hetero) is 1. The van der Waals surface area contributed by atoms with Crippen molar-refractivity contribution in [2.75, 3.05) is 31.1 Å². The van der Waals surface area contributed by atoms with Gasteiger partial charge in [-0.3, -0.25) is 19.8 Å². The molecule has 1 unspecified atom stereocenters. The Bertz CT molecular complexity index is 1000. The summed E-state index contributed by atoms with van der Waals surface area (Å²) in [6, 6.07) is 14.3. The van der Waals surface area contributed by atoms with Crippen LogP contribution in [-0.2, 0) is 0 Å². The number of benzene rings is 2. The van der Waals surface area contributed by atoms with E-state index in [9.17, 15) is 14.9 Å². The first kappa shape index (κ1) is 18.2. The molecule has 1 atom stereocenters. The molecule has 7 nitrogen and oxygen atoms in total. The Morgan fingerprint density at radius 3 is 2.43 bits per heavy atom. The Hall–Kier alpha value is -3.19. The molecular formula is C21H22N4O3. The van der Waals surface area contributed by atoms with Crippen LogP contribution in [0.4, 0.5) is 11.4 Å². The first-order valence-electron chi connectivity index (χ1n) is 9.38.